The molecule has 39 heavy (non-hydrogen) atoms. The maximum atomic E-state index is 13.6. The number of amides is 4. The lowest BCUT2D eigenvalue weighted by Crippen LogP contribution is -2.55. The molecule has 3 aliphatic rings. The van der Waals surface area contributed by atoms with Crippen molar-refractivity contribution in [2.45, 2.75) is 50.6 Å². The van der Waals surface area contributed by atoms with E-state index in [0.29, 0.717) is 19.6 Å². The van der Waals surface area contributed by atoms with E-state index in [1.165, 1.54) is 31.2 Å². The zero-order valence-corrected chi connectivity index (χ0v) is 21.6. The summed E-state index contributed by atoms with van der Waals surface area (Å²) < 4.78 is 54.0. The minimum Gasteiger partial charge on any atom is -0.331 e. The summed E-state index contributed by atoms with van der Waals surface area (Å²) >= 11 is 5.89. The van der Waals surface area contributed by atoms with Crippen LogP contribution in [0, 0.1) is 5.82 Å². The van der Waals surface area contributed by atoms with Crippen molar-refractivity contribution in [1.82, 2.24) is 15.1 Å². The van der Waals surface area contributed by atoms with Gasteiger partial charge in [0.15, 0.2) is 0 Å². The van der Waals surface area contributed by atoms with Crippen molar-refractivity contribution in [1.29, 1.82) is 0 Å². The highest BCUT2D eigenvalue weighted by molar-refractivity contribution is 6.32. The van der Waals surface area contributed by atoms with Gasteiger partial charge in [-0.2, -0.15) is 13.2 Å². The monoisotopic (exact) mass is 564 g/mol. The lowest BCUT2D eigenvalue weighted by molar-refractivity contribution is -0.137. The number of halogens is 5. The van der Waals surface area contributed by atoms with E-state index in [4.69, 9.17) is 11.6 Å². The van der Waals surface area contributed by atoms with Gasteiger partial charge in [0.1, 0.15) is 11.9 Å². The summed E-state index contributed by atoms with van der Waals surface area (Å²) in [5, 5.41) is 1.75. The zero-order valence-electron chi connectivity index (χ0n) is 20.8. The predicted octanol–water partition coefficient (Wildman–Crippen LogP) is 4.83. The molecule has 3 heterocycles. The van der Waals surface area contributed by atoms with Crippen molar-refractivity contribution in [3.63, 3.8) is 0 Å². The third-order valence-electron chi connectivity index (χ3n) is 7.33. The van der Waals surface area contributed by atoms with Crippen LogP contribution in [0.3, 0.4) is 0 Å². The standard InChI is InChI=1S/C27H25ClF4N4O3/c1-15-25(38)36(26(39)33-15)23-11-22(28)21(27(30,31)32)10-17(23)4-9-24(37)35-19-7-8-20(35)14-34(13-19)12-16-2-5-18(29)6-3-16/h2-6,9-11,15,19-20H,7-8,12-14H2,1H3,(H,33,39)/b9-4+/t15-,19+,20?/m1/s1. The van der Waals surface area contributed by atoms with E-state index in [1.807, 2.05) is 0 Å². The molecule has 0 aromatic heterocycles. The molecule has 206 valence electrons. The van der Waals surface area contributed by atoms with Gasteiger partial charge in [-0.15, -0.1) is 0 Å². The maximum absolute atomic E-state index is 13.6. The first-order chi connectivity index (χ1) is 18.4. The maximum Gasteiger partial charge on any atom is 0.417 e. The molecule has 2 aromatic carbocycles. The van der Waals surface area contributed by atoms with E-state index in [9.17, 15) is 31.9 Å². The van der Waals surface area contributed by atoms with E-state index in [0.717, 1.165) is 35.4 Å². The second-order valence-electron chi connectivity index (χ2n) is 10.0. The molecule has 3 aliphatic heterocycles. The molecule has 12 heteroatoms. The second kappa shape index (κ2) is 10.3. The minimum absolute atomic E-state index is 0.0800. The Labute approximate surface area is 227 Å². The van der Waals surface area contributed by atoms with Crippen molar-refractivity contribution in [3.8, 4) is 0 Å². The molecule has 2 bridgehead atoms. The number of benzene rings is 2. The van der Waals surface area contributed by atoms with Crippen LogP contribution in [-0.2, 0) is 22.3 Å². The summed E-state index contributed by atoms with van der Waals surface area (Å²) in [6, 6.07) is 6.10. The Morgan fingerprint density at radius 2 is 1.74 bits per heavy atom. The van der Waals surface area contributed by atoms with Gasteiger partial charge < -0.3 is 10.2 Å². The van der Waals surface area contributed by atoms with Crippen LogP contribution in [0.1, 0.15) is 36.5 Å². The molecule has 0 aliphatic carbocycles. The van der Waals surface area contributed by atoms with Crippen LogP contribution in [0.4, 0.5) is 28.0 Å². The summed E-state index contributed by atoms with van der Waals surface area (Å²) in [5.41, 5.74) is -0.466. The Morgan fingerprint density at radius 1 is 1.10 bits per heavy atom. The number of carbonyl (C=O) groups excluding carboxylic acids is 3. The average Bonchev–Trinajstić information content (AvgIpc) is 3.28. The number of hydrogen-bond donors (Lipinski definition) is 1. The zero-order chi connectivity index (χ0) is 28.1. The largest absolute Gasteiger partial charge is 0.417 e. The highest BCUT2D eigenvalue weighted by Crippen LogP contribution is 2.40. The van der Waals surface area contributed by atoms with E-state index in [-0.39, 0.29) is 35.1 Å². The Hall–Kier alpha value is -3.44. The molecular weight excluding hydrogens is 540 g/mol. The highest BCUT2D eigenvalue weighted by Gasteiger charge is 2.42. The van der Waals surface area contributed by atoms with Gasteiger partial charge in [-0.1, -0.05) is 23.7 Å². The fraction of sp³-hybridized carbons (Fsp3) is 0.370. The lowest BCUT2D eigenvalue weighted by atomic mass is 10.1. The van der Waals surface area contributed by atoms with Crippen LogP contribution in [0.5, 0.6) is 0 Å². The molecular formula is C27H25ClF4N4O3. The normalized spacial score (nSPS) is 23.7. The van der Waals surface area contributed by atoms with Crippen molar-refractivity contribution < 1.29 is 31.9 Å². The minimum atomic E-state index is -4.78. The second-order valence-corrected chi connectivity index (χ2v) is 10.4. The van der Waals surface area contributed by atoms with Gasteiger partial charge in [0, 0.05) is 37.8 Å². The van der Waals surface area contributed by atoms with Crippen molar-refractivity contribution in [3.05, 3.63) is 70.0 Å². The van der Waals surface area contributed by atoms with Gasteiger partial charge in [-0.3, -0.25) is 14.5 Å². The predicted molar refractivity (Wildman–Crippen MR) is 136 cm³/mol. The summed E-state index contributed by atoms with van der Waals surface area (Å²) in [6.07, 6.45) is -0.844. The van der Waals surface area contributed by atoms with E-state index in [1.54, 1.807) is 17.0 Å². The molecule has 3 saturated heterocycles. The van der Waals surface area contributed by atoms with Crippen LogP contribution in [0.25, 0.3) is 6.08 Å². The third kappa shape index (κ3) is 5.38. The van der Waals surface area contributed by atoms with Crippen LogP contribution < -0.4 is 10.2 Å². The van der Waals surface area contributed by atoms with E-state index < -0.39 is 34.7 Å². The van der Waals surface area contributed by atoms with Gasteiger partial charge >= 0.3 is 12.2 Å². The van der Waals surface area contributed by atoms with Crippen LogP contribution in [0.2, 0.25) is 5.02 Å². The number of imide groups is 1. The number of hydrogen-bond acceptors (Lipinski definition) is 4. The molecule has 0 spiro atoms. The number of alkyl halides is 3. The van der Waals surface area contributed by atoms with Gasteiger partial charge in [0.25, 0.3) is 5.91 Å². The molecule has 1 unspecified atom stereocenters. The Kier molecular flexibility index (Phi) is 7.15. The summed E-state index contributed by atoms with van der Waals surface area (Å²) in [5.74, 6) is -1.33. The first-order valence-electron chi connectivity index (χ1n) is 12.4. The molecule has 3 fully saturated rings. The number of nitrogens with zero attached hydrogens (tertiary/aromatic N) is 3. The fourth-order valence-electron chi connectivity index (χ4n) is 5.53. The number of likely N-dealkylation sites (tertiary alicyclic amines) is 1. The molecule has 0 saturated carbocycles. The number of carbonyl (C=O) groups is 3. The van der Waals surface area contributed by atoms with Crippen LogP contribution in [-0.4, -0.2) is 58.9 Å². The number of urea groups is 1. The molecule has 2 aromatic rings. The summed E-state index contributed by atoms with van der Waals surface area (Å²) in [7, 11) is 0. The van der Waals surface area contributed by atoms with Gasteiger partial charge in [0.05, 0.1) is 16.3 Å². The fourth-order valence-corrected chi connectivity index (χ4v) is 5.80. The molecule has 3 atom stereocenters. The summed E-state index contributed by atoms with van der Waals surface area (Å²) in [4.78, 5) is 42.9. The average molecular weight is 565 g/mol. The number of anilines is 1. The molecule has 7 nitrogen and oxygen atoms in total. The Morgan fingerprint density at radius 3 is 2.31 bits per heavy atom. The molecule has 0 radical (unpaired) electrons. The van der Waals surface area contributed by atoms with E-state index >= 15 is 0 Å². The SMILES string of the molecule is C[C@H]1NC(=O)N(c2cc(Cl)c(C(F)(F)F)cc2/C=C/C(=O)N2C3CC[C@H]2CN(Cc2ccc(F)cc2)C3)C1=O. The molecule has 5 rings (SSSR count). The quantitative estimate of drug-likeness (QED) is 0.321. The first-order valence-corrected chi connectivity index (χ1v) is 12.8. The van der Waals surface area contributed by atoms with Crippen LogP contribution >= 0.6 is 11.6 Å². The number of piperazine rings is 1. The number of fused-ring (bicyclic) bond motifs is 2. The van der Waals surface area contributed by atoms with E-state index in [2.05, 4.69) is 10.2 Å². The van der Waals surface area contributed by atoms with Crippen molar-refractivity contribution in [2.24, 2.45) is 0 Å². The van der Waals surface area contributed by atoms with Crippen LogP contribution in [0.15, 0.2) is 42.5 Å². The van der Waals surface area contributed by atoms with Crippen molar-refractivity contribution in [2.75, 3.05) is 18.0 Å². The third-order valence-corrected chi connectivity index (χ3v) is 7.65. The van der Waals surface area contributed by atoms with Gasteiger partial charge in [-0.05, 0) is 61.2 Å². The van der Waals surface area contributed by atoms with Crippen molar-refractivity contribution >= 4 is 41.2 Å². The number of rotatable bonds is 5. The topological polar surface area (TPSA) is 73.0 Å². The molecule has 4 amide bonds. The Balaban J connectivity index is 1.38. The Bertz CT molecular complexity index is 1330. The highest BCUT2D eigenvalue weighted by atomic mass is 35.5. The smallest absolute Gasteiger partial charge is 0.331 e. The van der Waals surface area contributed by atoms with Gasteiger partial charge in [-0.25, -0.2) is 14.1 Å². The van der Waals surface area contributed by atoms with Gasteiger partial charge in [0.2, 0.25) is 5.91 Å². The first kappa shape index (κ1) is 27.1. The molecule has 1 N–H and O–H groups in total. The lowest BCUT2D eigenvalue weighted by Gasteiger charge is -2.40. The summed E-state index contributed by atoms with van der Waals surface area (Å²) in [6.45, 7) is 3.29. The number of nitrogens with one attached hydrogen (secondary N) is 1.